The Morgan fingerprint density at radius 3 is 2.88 bits per heavy atom. The van der Waals surface area contributed by atoms with Gasteiger partial charge in [-0.3, -0.25) is 0 Å². The number of rotatable bonds is 4. The molecule has 0 aliphatic carbocycles. The van der Waals surface area contributed by atoms with Crippen LogP contribution < -0.4 is 0 Å². The van der Waals surface area contributed by atoms with Crippen molar-refractivity contribution >= 4 is 16.9 Å². The zero-order valence-corrected chi connectivity index (χ0v) is 13.7. The summed E-state index contributed by atoms with van der Waals surface area (Å²) in [6, 6.07) is 14.1. The Kier molecular flexibility index (Phi) is 4.24. The molecule has 0 radical (unpaired) electrons. The lowest BCUT2D eigenvalue weighted by atomic mass is 10.0. The topological polar surface area (TPSA) is 45.3 Å². The van der Waals surface area contributed by atoms with Crippen LogP contribution in [-0.4, -0.2) is 28.6 Å². The van der Waals surface area contributed by atoms with E-state index < -0.39 is 0 Å². The summed E-state index contributed by atoms with van der Waals surface area (Å²) >= 11 is 0. The third-order valence-corrected chi connectivity index (χ3v) is 4.72. The van der Waals surface area contributed by atoms with Crippen molar-refractivity contribution in [3.05, 3.63) is 71.7 Å². The molecule has 1 fully saturated rings. The normalized spacial score (nSPS) is 17.9. The summed E-state index contributed by atoms with van der Waals surface area (Å²) in [5, 5.41) is 2.37. The standard InChI is InChI=1S/C20H19FN2O2/c21-17-9-4-10-18-19(17)15(13-22-18)12-16-8-5-11-23(16)25-20(24)14-6-2-1-3-7-14/h1-4,6-7,9-10,13,16,22H,5,8,11-12H2/t16-/m1/s1. The number of carbonyl (C=O) groups excluding carboxylic acids is 1. The molecule has 2 aromatic carbocycles. The van der Waals surface area contributed by atoms with Gasteiger partial charge in [0.1, 0.15) is 5.82 Å². The Morgan fingerprint density at radius 1 is 1.20 bits per heavy atom. The molecule has 0 bridgehead atoms. The van der Waals surface area contributed by atoms with E-state index in [-0.39, 0.29) is 17.8 Å². The molecule has 4 nitrogen and oxygen atoms in total. The quantitative estimate of drug-likeness (QED) is 0.779. The molecular formula is C20H19FN2O2. The van der Waals surface area contributed by atoms with Gasteiger partial charge in [-0.25, -0.2) is 9.18 Å². The highest BCUT2D eigenvalue weighted by molar-refractivity contribution is 5.89. The SMILES string of the molecule is O=C(ON1CCC[C@@H]1Cc1c[nH]c2cccc(F)c12)c1ccccc1. The van der Waals surface area contributed by atoms with Crippen LogP contribution in [0.25, 0.3) is 10.9 Å². The highest BCUT2D eigenvalue weighted by atomic mass is 19.1. The molecular weight excluding hydrogens is 319 g/mol. The fourth-order valence-corrected chi connectivity index (χ4v) is 3.49. The number of hydrogen-bond donors (Lipinski definition) is 1. The van der Waals surface area contributed by atoms with Crippen LogP contribution in [-0.2, 0) is 11.3 Å². The van der Waals surface area contributed by atoms with Gasteiger partial charge in [0, 0.05) is 23.6 Å². The number of fused-ring (bicyclic) bond motifs is 1. The van der Waals surface area contributed by atoms with Crippen LogP contribution in [0.3, 0.4) is 0 Å². The molecule has 0 spiro atoms. The van der Waals surface area contributed by atoms with Gasteiger partial charge in [-0.2, -0.15) is 0 Å². The largest absolute Gasteiger partial charge is 0.364 e. The van der Waals surface area contributed by atoms with E-state index in [0.29, 0.717) is 23.9 Å². The summed E-state index contributed by atoms with van der Waals surface area (Å²) in [5.74, 6) is -0.572. The average molecular weight is 338 g/mol. The van der Waals surface area contributed by atoms with Crippen molar-refractivity contribution in [2.75, 3.05) is 6.54 Å². The predicted octanol–water partition coefficient (Wildman–Crippen LogP) is 4.09. The minimum Gasteiger partial charge on any atom is -0.364 e. The van der Waals surface area contributed by atoms with E-state index in [4.69, 9.17) is 4.84 Å². The van der Waals surface area contributed by atoms with E-state index in [2.05, 4.69) is 4.98 Å². The maximum absolute atomic E-state index is 14.2. The van der Waals surface area contributed by atoms with E-state index in [1.165, 1.54) is 6.07 Å². The summed E-state index contributed by atoms with van der Waals surface area (Å²) in [6.45, 7) is 0.702. The predicted molar refractivity (Wildman–Crippen MR) is 93.5 cm³/mol. The number of H-pyrrole nitrogens is 1. The lowest BCUT2D eigenvalue weighted by molar-refractivity contribution is -0.118. The van der Waals surface area contributed by atoms with Crippen LogP contribution in [0.1, 0.15) is 28.8 Å². The van der Waals surface area contributed by atoms with Crippen LogP contribution in [0.4, 0.5) is 4.39 Å². The number of nitrogens with one attached hydrogen (secondary N) is 1. The summed E-state index contributed by atoms with van der Waals surface area (Å²) in [5.41, 5.74) is 2.24. The van der Waals surface area contributed by atoms with Gasteiger partial charge >= 0.3 is 5.97 Å². The second-order valence-corrected chi connectivity index (χ2v) is 6.36. The molecule has 2 heterocycles. The molecule has 1 saturated heterocycles. The molecule has 1 atom stereocenters. The van der Waals surface area contributed by atoms with Gasteiger partial charge in [-0.1, -0.05) is 24.3 Å². The van der Waals surface area contributed by atoms with Crippen LogP contribution >= 0.6 is 0 Å². The molecule has 25 heavy (non-hydrogen) atoms. The van der Waals surface area contributed by atoms with Gasteiger partial charge in [-0.05, 0) is 49.1 Å². The zero-order chi connectivity index (χ0) is 17.2. The first kappa shape index (κ1) is 15.8. The number of aromatic nitrogens is 1. The van der Waals surface area contributed by atoms with Crippen LogP contribution in [0.5, 0.6) is 0 Å². The molecule has 4 rings (SSSR count). The summed E-state index contributed by atoms with van der Waals surface area (Å²) in [6.07, 6.45) is 4.37. The first-order valence-electron chi connectivity index (χ1n) is 8.51. The smallest absolute Gasteiger partial charge is 0.357 e. The van der Waals surface area contributed by atoms with Gasteiger partial charge in [0.05, 0.1) is 11.6 Å². The number of nitrogens with zero attached hydrogens (tertiary/aromatic N) is 1. The third kappa shape index (κ3) is 3.15. The van der Waals surface area contributed by atoms with Gasteiger partial charge in [0.2, 0.25) is 0 Å². The number of hydrogen-bond acceptors (Lipinski definition) is 3. The summed E-state index contributed by atoms with van der Waals surface area (Å²) < 4.78 is 14.2. The van der Waals surface area contributed by atoms with E-state index in [9.17, 15) is 9.18 Å². The molecule has 0 amide bonds. The van der Waals surface area contributed by atoms with E-state index in [1.807, 2.05) is 30.5 Å². The Bertz CT molecular complexity index is 891. The van der Waals surface area contributed by atoms with Crippen LogP contribution in [0.15, 0.2) is 54.7 Å². The van der Waals surface area contributed by atoms with Gasteiger partial charge in [0.15, 0.2) is 0 Å². The Labute approximate surface area is 145 Å². The fraction of sp³-hybridized carbons (Fsp3) is 0.250. The Hall–Kier alpha value is -2.66. The molecule has 0 unspecified atom stereocenters. The molecule has 5 heteroatoms. The van der Waals surface area contributed by atoms with Gasteiger partial charge in [0.25, 0.3) is 0 Å². The number of benzene rings is 2. The number of hydroxylamine groups is 2. The number of aromatic amines is 1. The van der Waals surface area contributed by atoms with Crippen molar-refractivity contribution in [1.82, 2.24) is 10.0 Å². The van der Waals surface area contributed by atoms with Crippen molar-refractivity contribution in [3.63, 3.8) is 0 Å². The fourth-order valence-electron chi connectivity index (χ4n) is 3.49. The van der Waals surface area contributed by atoms with Crippen LogP contribution in [0.2, 0.25) is 0 Å². The van der Waals surface area contributed by atoms with Crippen molar-refractivity contribution in [2.45, 2.75) is 25.3 Å². The van der Waals surface area contributed by atoms with Crippen molar-refractivity contribution in [3.8, 4) is 0 Å². The molecule has 3 aromatic rings. The van der Waals surface area contributed by atoms with Gasteiger partial charge < -0.3 is 9.82 Å². The lowest BCUT2D eigenvalue weighted by Gasteiger charge is -2.23. The third-order valence-electron chi connectivity index (χ3n) is 4.72. The minimum atomic E-state index is -0.349. The summed E-state index contributed by atoms with van der Waals surface area (Å²) in [4.78, 5) is 21.0. The van der Waals surface area contributed by atoms with E-state index >= 15 is 0 Å². The molecule has 1 aliphatic rings. The van der Waals surface area contributed by atoms with Crippen LogP contribution in [0, 0.1) is 5.82 Å². The molecule has 1 aromatic heterocycles. The average Bonchev–Trinajstić information content (AvgIpc) is 3.24. The molecule has 0 saturated carbocycles. The summed E-state index contributed by atoms with van der Waals surface area (Å²) in [7, 11) is 0. The highest BCUT2D eigenvalue weighted by Gasteiger charge is 2.29. The van der Waals surface area contributed by atoms with Gasteiger partial charge in [-0.15, -0.1) is 5.06 Å². The first-order valence-corrected chi connectivity index (χ1v) is 8.51. The molecule has 128 valence electrons. The first-order chi connectivity index (χ1) is 12.2. The Balaban J connectivity index is 1.51. The van der Waals surface area contributed by atoms with Crippen molar-refractivity contribution < 1.29 is 14.0 Å². The monoisotopic (exact) mass is 338 g/mol. The molecule has 1 N–H and O–H groups in total. The van der Waals surface area contributed by atoms with E-state index in [1.54, 1.807) is 23.3 Å². The second kappa shape index (κ2) is 6.69. The number of halogens is 1. The maximum Gasteiger partial charge on any atom is 0.357 e. The lowest BCUT2D eigenvalue weighted by Crippen LogP contribution is -2.33. The highest BCUT2D eigenvalue weighted by Crippen LogP contribution is 2.27. The van der Waals surface area contributed by atoms with E-state index in [0.717, 1.165) is 23.9 Å². The minimum absolute atomic E-state index is 0.0614. The maximum atomic E-state index is 14.2. The Morgan fingerprint density at radius 2 is 2.04 bits per heavy atom. The zero-order valence-electron chi connectivity index (χ0n) is 13.7. The van der Waals surface area contributed by atoms with Crippen molar-refractivity contribution in [1.29, 1.82) is 0 Å². The second-order valence-electron chi connectivity index (χ2n) is 6.36. The van der Waals surface area contributed by atoms with Crippen molar-refractivity contribution in [2.24, 2.45) is 0 Å². The molecule has 1 aliphatic heterocycles. The number of carbonyl (C=O) groups is 1.